The molecule has 1 amide bonds. The van der Waals surface area contributed by atoms with Crippen molar-refractivity contribution < 1.29 is 9.90 Å². The number of primary amides is 1. The van der Waals surface area contributed by atoms with Crippen LogP contribution in [0, 0.1) is 11.8 Å². The number of piperidine rings is 1. The van der Waals surface area contributed by atoms with Crippen molar-refractivity contribution in [1.82, 2.24) is 10.2 Å². The topological polar surface area (TPSA) is 91.0 Å². The van der Waals surface area contributed by atoms with Gasteiger partial charge in [0.2, 0.25) is 5.91 Å². The summed E-state index contributed by atoms with van der Waals surface area (Å²) in [7, 11) is 0. The molecule has 1 heterocycles. The second-order valence-electron chi connectivity index (χ2n) is 6.49. The number of hydrogen-bond donors (Lipinski definition) is 3. The summed E-state index contributed by atoms with van der Waals surface area (Å²) in [6, 6.07) is 0. The highest BCUT2D eigenvalue weighted by Crippen LogP contribution is 2.20. The number of guanidine groups is 1. The second-order valence-corrected chi connectivity index (χ2v) is 6.49. The predicted molar refractivity (Wildman–Crippen MR) is 110 cm³/mol. The van der Waals surface area contributed by atoms with Crippen LogP contribution in [0.25, 0.3) is 0 Å². The third-order valence-electron chi connectivity index (χ3n) is 4.38. The van der Waals surface area contributed by atoms with Crippen LogP contribution in [0.4, 0.5) is 0 Å². The van der Waals surface area contributed by atoms with E-state index >= 15 is 0 Å². The molecule has 1 rings (SSSR count). The molecular formula is C17H35IN4O2. The molecule has 2 atom stereocenters. The van der Waals surface area contributed by atoms with Crippen LogP contribution in [0.15, 0.2) is 4.99 Å². The molecule has 0 aromatic heterocycles. The molecule has 0 spiro atoms. The van der Waals surface area contributed by atoms with Gasteiger partial charge in [0.15, 0.2) is 5.96 Å². The highest BCUT2D eigenvalue weighted by atomic mass is 127. The monoisotopic (exact) mass is 454 g/mol. The standard InChI is InChI=1S/C17H34N4O2.HI/c1-3-6-14(8-10-22)12-20-17(19-4-2)21-9-5-7-15(13-21)11-16(18)23;/h14-15,22H,3-13H2,1-2H3,(H2,18,23)(H,19,20);1H. The Morgan fingerprint density at radius 3 is 2.75 bits per heavy atom. The number of nitrogens with two attached hydrogens (primary N) is 1. The Bertz CT molecular complexity index is 374. The van der Waals surface area contributed by atoms with Crippen LogP contribution in [0.1, 0.15) is 52.4 Å². The second kappa shape index (κ2) is 13.7. The van der Waals surface area contributed by atoms with Gasteiger partial charge in [0.25, 0.3) is 0 Å². The smallest absolute Gasteiger partial charge is 0.217 e. The van der Waals surface area contributed by atoms with Crippen LogP contribution in [0.2, 0.25) is 0 Å². The SMILES string of the molecule is CCCC(CCO)CN=C(NCC)N1CCCC(CC(N)=O)C1.I. The molecule has 0 aliphatic carbocycles. The Morgan fingerprint density at radius 1 is 1.42 bits per heavy atom. The van der Waals surface area contributed by atoms with Gasteiger partial charge in [0.1, 0.15) is 0 Å². The number of likely N-dealkylation sites (tertiary alicyclic amines) is 1. The van der Waals surface area contributed by atoms with Crippen molar-refractivity contribution in [2.45, 2.75) is 52.4 Å². The first kappa shape index (κ1) is 23.4. The first-order valence-electron chi connectivity index (χ1n) is 9.03. The van der Waals surface area contributed by atoms with Crippen LogP contribution in [-0.2, 0) is 4.79 Å². The van der Waals surface area contributed by atoms with Crippen molar-refractivity contribution in [3.63, 3.8) is 0 Å². The van der Waals surface area contributed by atoms with Crippen molar-refractivity contribution in [1.29, 1.82) is 0 Å². The maximum absolute atomic E-state index is 11.2. The van der Waals surface area contributed by atoms with Gasteiger partial charge < -0.3 is 21.1 Å². The molecule has 2 unspecified atom stereocenters. The van der Waals surface area contributed by atoms with Gasteiger partial charge in [-0.1, -0.05) is 13.3 Å². The van der Waals surface area contributed by atoms with E-state index in [2.05, 4.69) is 24.1 Å². The Labute approximate surface area is 163 Å². The normalized spacial score (nSPS) is 19.5. The molecule has 0 saturated carbocycles. The van der Waals surface area contributed by atoms with Crippen molar-refractivity contribution in [2.24, 2.45) is 22.6 Å². The summed E-state index contributed by atoms with van der Waals surface area (Å²) in [6.07, 6.45) is 5.59. The zero-order chi connectivity index (χ0) is 17.1. The van der Waals surface area contributed by atoms with Gasteiger partial charge in [-0.05, 0) is 44.4 Å². The molecule has 142 valence electrons. The fourth-order valence-corrected chi connectivity index (χ4v) is 3.27. The average molecular weight is 454 g/mol. The Morgan fingerprint density at radius 2 is 2.17 bits per heavy atom. The number of carbonyl (C=O) groups is 1. The average Bonchev–Trinajstić information content (AvgIpc) is 2.51. The number of aliphatic hydroxyl groups excluding tert-OH is 1. The van der Waals surface area contributed by atoms with Gasteiger partial charge in [0, 0.05) is 39.2 Å². The van der Waals surface area contributed by atoms with Gasteiger partial charge in [0.05, 0.1) is 0 Å². The minimum absolute atomic E-state index is 0. The van der Waals surface area contributed by atoms with E-state index in [0.717, 1.165) is 64.2 Å². The molecule has 1 aliphatic heterocycles. The first-order chi connectivity index (χ1) is 11.1. The van der Waals surface area contributed by atoms with E-state index in [0.29, 0.717) is 18.3 Å². The Hall–Kier alpha value is -0.570. The fraction of sp³-hybridized carbons (Fsp3) is 0.882. The van der Waals surface area contributed by atoms with E-state index < -0.39 is 0 Å². The highest BCUT2D eigenvalue weighted by Gasteiger charge is 2.23. The molecule has 1 aliphatic rings. The van der Waals surface area contributed by atoms with E-state index in [-0.39, 0.29) is 36.5 Å². The Kier molecular flexibility index (Phi) is 13.4. The van der Waals surface area contributed by atoms with E-state index in [1.54, 1.807) is 0 Å². The van der Waals surface area contributed by atoms with Crippen LogP contribution in [0.5, 0.6) is 0 Å². The quantitative estimate of drug-likeness (QED) is 0.282. The van der Waals surface area contributed by atoms with E-state index in [9.17, 15) is 9.90 Å². The molecule has 24 heavy (non-hydrogen) atoms. The number of halogens is 1. The molecule has 0 radical (unpaired) electrons. The number of carbonyl (C=O) groups excluding carboxylic acids is 1. The lowest BCUT2D eigenvalue weighted by Crippen LogP contribution is -2.47. The maximum Gasteiger partial charge on any atom is 0.217 e. The number of hydrogen-bond acceptors (Lipinski definition) is 3. The van der Waals surface area contributed by atoms with E-state index in [4.69, 9.17) is 10.7 Å². The molecule has 0 bridgehead atoms. The van der Waals surface area contributed by atoms with Gasteiger partial charge >= 0.3 is 0 Å². The molecule has 0 aromatic rings. The van der Waals surface area contributed by atoms with Crippen LogP contribution in [0.3, 0.4) is 0 Å². The molecular weight excluding hydrogens is 419 g/mol. The molecule has 0 aromatic carbocycles. The van der Waals surface area contributed by atoms with Gasteiger partial charge in [-0.15, -0.1) is 24.0 Å². The number of amides is 1. The van der Waals surface area contributed by atoms with Crippen molar-refractivity contribution >= 4 is 35.8 Å². The van der Waals surface area contributed by atoms with Crippen LogP contribution >= 0.6 is 24.0 Å². The first-order valence-corrected chi connectivity index (χ1v) is 9.03. The summed E-state index contributed by atoms with van der Waals surface area (Å²) in [5, 5.41) is 12.5. The molecule has 1 fully saturated rings. The molecule has 1 saturated heterocycles. The van der Waals surface area contributed by atoms with Crippen LogP contribution < -0.4 is 11.1 Å². The number of nitrogens with zero attached hydrogens (tertiary/aromatic N) is 2. The maximum atomic E-state index is 11.2. The zero-order valence-electron chi connectivity index (χ0n) is 15.2. The van der Waals surface area contributed by atoms with Gasteiger partial charge in [-0.3, -0.25) is 9.79 Å². The fourth-order valence-electron chi connectivity index (χ4n) is 3.27. The molecule has 4 N–H and O–H groups in total. The van der Waals surface area contributed by atoms with Crippen molar-refractivity contribution in [2.75, 3.05) is 32.8 Å². The summed E-state index contributed by atoms with van der Waals surface area (Å²) in [6.45, 7) is 7.84. The lowest BCUT2D eigenvalue weighted by atomic mass is 9.95. The van der Waals surface area contributed by atoms with Crippen molar-refractivity contribution in [3.8, 4) is 0 Å². The molecule has 7 heteroatoms. The van der Waals surface area contributed by atoms with E-state index in [1.807, 2.05) is 0 Å². The van der Waals surface area contributed by atoms with Gasteiger partial charge in [-0.2, -0.15) is 0 Å². The minimum Gasteiger partial charge on any atom is -0.396 e. The summed E-state index contributed by atoms with van der Waals surface area (Å²) in [5.41, 5.74) is 5.34. The summed E-state index contributed by atoms with van der Waals surface area (Å²) in [5.74, 6) is 1.48. The summed E-state index contributed by atoms with van der Waals surface area (Å²) < 4.78 is 0. The number of nitrogens with one attached hydrogen (secondary N) is 1. The number of aliphatic hydroxyl groups is 1. The lowest BCUT2D eigenvalue weighted by Gasteiger charge is -2.35. The van der Waals surface area contributed by atoms with E-state index in [1.165, 1.54) is 0 Å². The summed E-state index contributed by atoms with van der Waals surface area (Å²) >= 11 is 0. The van der Waals surface area contributed by atoms with Gasteiger partial charge in [-0.25, -0.2) is 0 Å². The lowest BCUT2D eigenvalue weighted by molar-refractivity contribution is -0.119. The number of aliphatic imine (C=N–C) groups is 1. The predicted octanol–water partition coefficient (Wildman–Crippen LogP) is 1.96. The number of rotatable bonds is 9. The third kappa shape index (κ3) is 9.05. The Balaban J connectivity index is 0.00000529. The third-order valence-corrected chi connectivity index (χ3v) is 4.38. The largest absolute Gasteiger partial charge is 0.396 e. The highest BCUT2D eigenvalue weighted by molar-refractivity contribution is 14.0. The summed E-state index contributed by atoms with van der Waals surface area (Å²) in [4.78, 5) is 18.2. The van der Waals surface area contributed by atoms with Crippen molar-refractivity contribution in [3.05, 3.63) is 0 Å². The zero-order valence-corrected chi connectivity index (χ0v) is 17.5. The molecule has 6 nitrogen and oxygen atoms in total. The van der Waals surface area contributed by atoms with Crippen LogP contribution in [-0.4, -0.2) is 54.7 Å². The minimum atomic E-state index is -0.218.